The lowest BCUT2D eigenvalue weighted by Crippen LogP contribution is -2.38. The summed E-state index contributed by atoms with van der Waals surface area (Å²) in [6.45, 7) is 3.90. The lowest BCUT2D eigenvalue weighted by molar-refractivity contribution is -0.0910. The molecule has 19 heavy (non-hydrogen) atoms. The molecule has 1 spiro atoms. The maximum absolute atomic E-state index is 6.11. The molecule has 1 aromatic heterocycles. The Bertz CT molecular complexity index is 435. The van der Waals surface area contributed by atoms with E-state index >= 15 is 0 Å². The summed E-state index contributed by atoms with van der Waals surface area (Å²) in [7, 11) is 1.98. The van der Waals surface area contributed by atoms with E-state index in [0.717, 1.165) is 31.7 Å². The summed E-state index contributed by atoms with van der Waals surface area (Å²) in [6, 6.07) is 0.524. The molecule has 1 aromatic rings. The molecular formula is C15H25N3O. The van der Waals surface area contributed by atoms with Crippen molar-refractivity contribution in [2.45, 2.75) is 63.6 Å². The highest BCUT2D eigenvalue weighted by molar-refractivity contribution is 5.15. The minimum Gasteiger partial charge on any atom is -0.375 e. The van der Waals surface area contributed by atoms with Gasteiger partial charge in [-0.05, 0) is 39.7 Å². The molecule has 0 aromatic carbocycles. The molecule has 106 valence electrons. The Kier molecular flexibility index (Phi) is 3.63. The summed E-state index contributed by atoms with van der Waals surface area (Å²) in [5.74, 6) is 0. The summed E-state index contributed by atoms with van der Waals surface area (Å²) in [5.41, 5.74) is 2.64. The molecule has 2 fully saturated rings. The van der Waals surface area contributed by atoms with Gasteiger partial charge in [0, 0.05) is 24.9 Å². The van der Waals surface area contributed by atoms with Gasteiger partial charge in [-0.1, -0.05) is 12.8 Å². The Balaban J connectivity index is 1.76. The van der Waals surface area contributed by atoms with Gasteiger partial charge in [-0.25, -0.2) is 0 Å². The van der Waals surface area contributed by atoms with Gasteiger partial charge < -0.3 is 10.1 Å². The molecule has 3 rings (SSSR count). The van der Waals surface area contributed by atoms with Crippen molar-refractivity contribution in [3.8, 4) is 0 Å². The van der Waals surface area contributed by atoms with E-state index in [0.29, 0.717) is 6.04 Å². The van der Waals surface area contributed by atoms with Crippen LogP contribution in [0, 0.1) is 6.92 Å². The number of aromatic nitrogens is 2. The van der Waals surface area contributed by atoms with Crippen LogP contribution in [0.15, 0.2) is 6.20 Å². The van der Waals surface area contributed by atoms with Crippen molar-refractivity contribution in [3.63, 3.8) is 0 Å². The Hall–Kier alpha value is -0.870. The minimum absolute atomic E-state index is 0.173. The number of nitrogens with zero attached hydrogens (tertiary/aromatic N) is 2. The predicted molar refractivity (Wildman–Crippen MR) is 75.1 cm³/mol. The lowest BCUT2D eigenvalue weighted by atomic mass is 9.89. The predicted octanol–water partition coefficient (Wildman–Crippen LogP) is 2.58. The summed E-state index contributed by atoms with van der Waals surface area (Å²) in [5, 5.41) is 7.94. The van der Waals surface area contributed by atoms with E-state index < -0.39 is 0 Å². The first kappa shape index (κ1) is 13.1. The Labute approximate surface area is 115 Å². The molecule has 1 saturated heterocycles. The van der Waals surface area contributed by atoms with Crippen LogP contribution in [0.5, 0.6) is 0 Å². The van der Waals surface area contributed by atoms with Gasteiger partial charge in [0.2, 0.25) is 0 Å². The molecule has 4 nitrogen and oxygen atoms in total. The molecule has 0 bridgehead atoms. The van der Waals surface area contributed by atoms with E-state index in [1.165, 1.54) is 31.2 Å². The van der Waals surface area contributed by atoms with Gasteiger partial charge in [-0.15, -0.1) is 0 Å². The molecule has 1 aliphatic carbocycles. The zero-order valence-electron chi connectivity index (χ0n) is 12.1. The summed E-state index contributed by atoms with van der Waals surface area (Å²) < 4.78 is 8.31. The van der Waals surface area contributed by atoms with Gasteiger partial charge in [0.25, 0.3) is 0 Å². The van der Waals surface area contributed by atoms with Crippen LogP contribution < -0.4 is 5.32 Å². The number of ether oxygens (including phenoxy) is 1. The van der Waals surface area contributed by atoms with Crippen molar-refractivity contribution in [3.05, 3.63) is 17.5 Å². The second kappa shape index (κ2) is 5.25. The third kappa shape index (κ3) is 2.56. The maximum atomic E-state index is 6.11. The van der Waals surface area contributed by atoms with E-state index in [2.05, 4.69) is 23.1 Å². The van der Waals surface area contributed by atoms with Crippen molar-refractivity contribution in [2.75, 3.05) is 13.7 Å². The fourth-order valence-electron chi connectivity index (χ4n) is 3.67. The largest absolute Gasteiger partial charge is 0.375 e. The zero-order chi connectivity index (χ0) is 13.3. The Morgan fingerprint density at radius 2 is 2.26 bits per heavy atom. The van der Waals surface area contributed by atoms with Crippen molar-refractivity contribution in [2.24, 2.45) is 0 Å². The molecule has 1 N–H and O–H groups in total. The molecule has 0 radical (unpaired) electrons. The maximum Gasteiger partial charge on any atom is 0.0703 e. The van der Waals surface area contributed by atoms with Crippen molar-refractivity contribution < 1.29 is 4.74 Å². The molecule has 4 heteroatoms. The highest BCUT2D eigenvalue weighted by Gasteiger charge is 2.40. The lowest BCUT2D eigenvalue weighted by Gasteiger charge is -2.38. The van der Waals surface area contributed by atoms with Crippen LogP contribution in [-0.4, -0.2) is 29.0 Å². The van der Waals surface area contributed by atoms with Crippen LogP contribution in [0.1, 0.15) is 55.8 Å². The SMILES string of the molecule is CNCc1cn(C2CCOC3(CCCC3)C2)nc1C. The van der Waals surface area contributed by atoms with Crippen LogP contribution in [0.2, 0.25) is 0 Å². The summed E-state index contributed by atoms with van der Waals surface area (Å²) in [6.07, 6.45) is 9.62. The first-order valence-corrected chi connectivity index (χ1v) is 7.56. The normalized spacial score (nSPS) is 26.1. The zero-order valence-corrected chi connectivity index (χ0v) is 12.1. The van der Waals surface area contributed by atoms with Crippen LogP contribution in [0.3, 0.4) is 0 Å². The van der Waals surface area contributed by atoms with Gasteiger partial charge in [0.1, 0.15) is 0 Å². The Morgan fingerprint density at radius 3 is 3.00 bits per heavy atom. The van der Waals surface area contributed by atoms with Gasteiger partial charge in [0.15, 0.2) is 0 Å². The van der Waals surface area contributed by atoms with Gasteiger partial charge in [-0.3, -0.25) is 4.68 Å². The van der Waals surface area contributed by atoms with Crippen molar-refractivity contribution >= 4 is 0 Å². The molecular weight excluding hydrogens is 238 g/mol. The average molecular weight is 263 g/mol. The molecule has 1 unspecified atom stereocenters. The van der Waals surface area contributed by atoms with E-state index in [4.69, 9.17) is 9.84 Å². The van der Waals surface area contributed by atoms with E-state index in [1.54, 1.807) is 0 Å². The van der Waals surface area contributed by atoms with Gasteiger partial charge in [0.05, 0.1) is 17.3 Å². The summed E-state index contributed by atoms with van der Waals surface area (Å²) in [4.78, 5) is 0. The number of hydrogen-bond acceptors (Lipinski definition) is 3. The smallest absolute Gasteiger partial charge is 0.0703 e. The molecule has 1 saturated carbocycles. The molecule has 0 amide bonds. The van der Waals surface area contributed by atoms with Crippen molar-refractivity contribution in [1.29, 1.82) is 0 Å². The molecule has 2 aliphatic rings. The third-order valence-corrected chi connectivity index (χ3v) is 4.74. The minimum atomic E-state index is 0.173. The number of nitrogens with one attached hydrogen (secondary N) is 1. The second-order valence-electron chi connectivity index (χ2n) is 6.14. The highest BCUT2D eigenvalue weighted by Crippen LogP contribution is 2.43. The number of rotatable bonds is 3. The third-order valence-electron chi connectivity index (χ3n) is 4.74. The topological polar surface area (TPSA) is 39.1 Å². The molecule has 2 heterocycles. The highest BCUT2D eigenvalue weighted by atomic mass is 16.5. The first-order chi connectivity index (χ1) is 9.22. The van der Waals surface area contributed by atoms with E-state index in [-0.39, 0.29) is 5.60 Å². The van der Waals surface area contributed by atoms with Crippen LogP contribution >= 0.6 is 0 Å². The monoisotopic (exact) mass is 263 g/mol. The molecule has 1 aliphatic heterocycles. The number of aryl methyl sites for hydroxylation is 1. The van der Waals surface area contributed by atoms with Gasteiger partial charge in [-0.2, -0.15) is 5.10 Å². The van der Waals surface area contributed by atoms with Crippen LogP contribution in [-0.2, 0) is 11.3 Å². The van der Waals surface area contributed by atoms with E-state index in [9.17, 15) is 0 Å². The fraction of sp³-hybridized carbons (Fsp3) is 0.800. The average Bonchev–Trinajstić information content (AvgIpc) is 2.99. The number of hydrogen-bond donors (Lipinski definition) is 1. The quantitative estimate of drug-likeness (QED) is 0.911. The summed E-state index contributed by atoms with van der Waals surface area (Å²) >= 11 is 0. The van der Waals surface area contributed by atoms with E-state index in [1.807, 2.05) is 7.05 Å². The second-order valence-corrected chi connectivity index (χ2v) is 6.14. The molecule has 1 atom stereocenters. The van der Waals surface area contributed by atoms with Crippen LogP contribution in [0.25, 0.3) is 0 Å². The van der Waals surface area contributed by atoms with Crippen LogP contribution in [0.4, 0.5) is 0 Å². The Morgan fingerprint density at radius 1 is 1.47 bits per heavy atom. The van der Waals surface area contributed by atoms with Crippen molar-refractivity contribution in [1.82, 2.24) is 15.1 Å². The fourth-order valence-corrected chi connectivity index (χ4v) is 3.67. The van der Waals surface area contributed by atoms with Gasteiger partial charge >= 0.3 is 0 Å². The standard InChI is InChI=1S/C15H25N3O/c1-12-13(10-16-2)11-18(17-12)14-5-8-19-15(9-14)6-3-4-7-15/h11,14,16H,3-10H2,1-2H3. The first-order valence-electron chi connectivity index (χ1n) is 7.56.